The molecule has 0 radical (unpaired) electrons. The van der Waals surface area contributed by atoms with Crippen molar-refractivity contribution in [3.63, 3.8) is 0 Å². The SMILES string of the molecule is O=C(COC(=O)c1nc(-c2ccccc2)n(-c2ccccc2)n1)Nc1ccccc1C(=O)NC1CC1. The number of anilines is 1. The molecule has 0 atom stereocenters. The van der Waals surface area contributed by atoms with Gasteiger partial charge >= 0.3 is 5.97 Å². The van der Waals surface area contributed by atoms with Gasteiger partial charge in [-0.05, 0) is 37.1 Å². The molecule has 0 spiro atoms. The van der Waals surface area contributed by atoms with Crippen molar-refractivity contribution in [2.75, 3.05) is 11.9 Å². The molecule has 1 fully saturated rings. The van der Waals surface area contributed by atoms with Gasteiger partial charge in [-0.1, -0.05) is 60.7 Å². The Labute approximate surface area is 207 Å². The molecule has 2 amide bonds. The molecule has 1 heterocycles. The van der Waals surface area contributed by atoms with E-state index in [2.05, 4.69) is 20.7 Å². The quantitative estimate of drug-likeness (QED) is 0.372. The third-order valence-corrected chi connectivity index (χ3v) is 5.52. The van der Waals surface area contributed by atoms with Crippen molar-refractivity contribution in [2.24, 2.45) is 0 Å². The molecule has 0 aliphatic heterocycles. The smallest absolute Gasteiger partial charge is 0.378 e. The Balaban J connectivity index is 1.28. The van der Waals surface area contributed by atoms with Gasteiger partial charge in [-0.2, -0.15) is 0 Å². The van der Waals surface area contributed by atoms with E-state index in [1.807, 2.05) is 60.7 Å². The first kappa shape index (κ1) is 23.0. The zero-order valence-electron chi connectivity index (χ0n) is 19.3. The standard InChI is InChI=1S/C27H23N5O4/c33-23(29-22-14-8-7-13-21(22)26(34)28-19-15-16-19)17-36-27(35)24-30-25(18-9-3-1-4-10-18)32(31-24)20-11-5-2-6-12-20/h1-14,19H,15-17H2,(H,28,34)(H,29,33). The van der Waals surface area contributed by atoms with E-state index in [1.165, 1.54) is 0 Å². The van der Waals surface area contributed by atoms with Crippen LogP contribution in [0.15, 0.2) is 84.9 Å². The average Bonchev–Trinajstić information content (AvgIpc) is 3.62. The highest BCUT2D eigenvalue weighted by atomic mass is 16.5. The summed E-state index contributed by atoms with van der Waals surface area (Å²) in [4.78, 5) is 42.1. The number of amides is 2. The highest BCUT2D eigenvalue weighted by Crippen LogP contribution is 2.22. The highest BCUT2D eigenvalue weighted by molar-refractivity contribution is 6.04. The molecule has 5 rings (SSSR count). The van der Waals surface area contributed by atoms with E-state index in [4.69, 9.17) is 4.74 Å². The maximum absolute atomic E-state index is 12.7. The van der Waals surface area contributed by atoms with E-state index in [9.17, 15) is 14.4 Å². The van der Waals surface area contributed by atoms with Crippen molar-refractivity contribution in [1.82, 2.24) is 20.1 Å². The van der Waals surface area contributed by atoms with E-state index >= 15 is 0 Å². The number of carbonyl (C=O) groups excluding carboxylic acids is 3. The van der Waals surface area contributed by atoms with Crippen molar-refractivity contribution in [2.45, 2.75) is 18.9 Å². The Morgan fingerprint density at radius 3 is 2.28 bits per heavy atom. The van der Waals surface area contributed by atoms with E-state index in [0.717, 1.165) is 24.1 Å². The summed E-state index contributed by atoms with van der Waals surface area (Å²) in [6.07, 6.45) is 1.91. The van der Waals surface area contributed by atoms with Crippen molar-refractivity contribution in [3.8, 4) is 17.1 Å². The molecule has 36 heavy (non-hydrogen) atoms. The number of nitrogens with zero attached hydrogens (tertiary/aromatic N) is 3. The van der Waals surface area contributed by atoms with Crippen LogP contribution in [-0.2, 0) is 9.53 Å². The summed E-state index contributed by atoms with van der Waals surface area (Å²) < 4.78 is 6.74. The molecule has 4 aromatic rings. The number of hydrogen-bond donors (Lipinski definition) is 2. The number of nitrogens with one attached hydrogen (secondary N) is 2. The molecule has 180 valence electrons. The second-order valence-electron chi connectivity index (χ2n) is 8.29. The van der Waals surface area contributed by atoms with E-state index in [0.29, 0.717) is 17.1 Å². The number of esters is 1. The maximum Gasteiger partial charge on any atom is 0.378 e. The molecule has 1 aromatic heterocycles. The van der Waals surface area contributed by atoms with Gasteiger partial charge in [-0.15, -0.1) is 5.10 Å². The van der Waals surface area contributed by atoms with Crippen molar-refractivity contribution in [3.05, 3.63) is 96.3 Å². The lowest BCUT2D eigenvalue weighted by Gasteiger charge is -2.11. The highest BCUT2D eigenvalue weighted by Gasteiger charge is 2.25. The lowest BCUT2D eigenvalue weighted by Crippen LogP contribution is -2.28. The van der Waals surface area contributed by atoms with Crippen molar-refractivity contribution >= 4 is 23.5 Å². The van der Waals surface area contributed by atoms with Gasteiger partial charge in [0.25, 0.3) is 17.6 Å². The predicted octanol–water partition coefficient (Wildman–Crippen LogP) is 3.62. The first-order chi connectivity index (χ1) is 17.6. The topological polar surface area (TPSA) is 115 Å². The van der Waals surface area contributed by atoms with Crippen molar-refractivity contribution < 1.29 is 19.1 Å². The van der Waals surface area contributed by atoms with E-state index in [-0.39, 0.29) is 17.8 Å². The Kier molecular flexibility index (Phi) is 6.53. The second-order valence-corrected chi connectivity index (χ2v) is 8.29. The molecule has 3 aromatic carbocycles. The minimum Gasteiger partial charge on any atom is -0.450 e. The molecular weight excluding hydrogens is 458 g/mol. The third kappa shape index (κ3) is 5.30. The summed E-state index contributed by atoms with van der Waals surface area (Å²) in [5.74, 6) is -1.38. The number of hydrogen-bond acceptors (Lipinski definition) is 6. The van der Waals surface area contributed by atoms with Gasteiger partial charge in [0.15, 0.2) is 12.4 Å². The summed E-state index contributed by atoms with van der Waals surface area (Å²) in [5.41, 5.74) is 2.18. The largest absolute Gasteiger partial charge is 0.450 e. The molecule has 2 N–H and O–H groups in total. The van der Waals surface area contributed by atoms with Gasteiger partial charge in [-0.3, -0.25) is 9.59 Å². The van der Waals surface area contributed by atoms with Crippen LogP contribution in [0.5, 0.6) is 0 Å². The fourth-order valence-corrected chi connectivity index (χ4v) is 3.58. The lowest BCUT2D eigenvalue weighted by atomic mass is 10.1. The van der Waals surface area contributed by atoms with E-state index in [1.54, 1.807) is 28.9 Å². The van der Waals surface area contributed by atoms with Crippen LogP contribution >= 0.6 is 0 Å². The van der Waals surface area contributed by atoms with Crippen LogP contribution in [0.3, 0.4) is 0 Å². The van der Waals surface area contributed by atoms with Crippen LogP contribution in [0.4, 0.5) is 5.69 Å². The lowest BCUT2D eigenvalue weighted by molar-refractivity contribution is -0.119. The Morgan fingerprint density at radius 1 is 0.889 bits per heavy atom. The maximum atomic E-state index is 12.7. The second kappa shape index (κ2) is 10.2. The molecule has 0 bridgehead atoms. The van der Waals surface area contributed by atoms with Crippen LogP contribution in [-0.4, -0.2) is 45.2 Å². The van der Waals surface area contributed by atoms with Crippen LogP contribution < -0.4 is 10.6 Å². The fraction of sp³-hybridized carbons (Fsp3) is 0.148. The predicted molar refractivity (Wildman–Crippen MR) is 133 cm³/mol. The minimum absolute atomic E-state index is 0.172. The molecule has 0 unspecified atom stereocenters. The first-order valence-electron chi connectivity index (χ1n) is 11.5. The summed E-state index contributed by atoms with van der Waals surface area (Å²) >= 11 is 0. The summed E-state index contributed by atoms with van der Waals surface area (Å²) in [5, 5.41) is 9.87. The summed E-state index contributed by atoms with van der Waals surface area (Å²) in [7, 11) is 0. The summed E-state index contributed by atoms with van der Waals surface area (Å²) in [6, 6.07) is 25.5. The van der Waals surface area contributed by atoms with Crippen LogP contribution in [0, 0.1) is 0 Å². The fourth-order valence-electron chi connectivity index (χ4n) is 3.58. The first-order valence-corrected chi connectivity index (χ1v) is 11.5. The number of benzene rings is 3. The summed E-state index contributed by atoms with van der Waals surface area (Å²) in [6.45, 7) is -0.558. The monoisotopic (exact) mass is 481 g/mol. The van der Waals surface area contributed by atoms with Gasteiger partial charge in [0.1, 0.15) is 0 Å². The van der Waals surface area contributed by atoms with Crippen LogP contribution in [0.1, 0.15) is 33.8 Å². The Hall–Kier alpha value is -4.79. The zero-order chi connectivity index (χ0) is 24.9. The van der Waals surface area contributed by atoms with Gasteiger partial charge < -0.3 is 15.4 Å². The third-order valence-electron chi connectivity index (χ3n) is 5.52. The molecular formula is C27H23N5O4. The molecule has 1 saturated carbocycles. The number of carbonyl (C=O) groups is 3. The minimum atomic E-state index is -0.836. The van der Waals surface area contributed by atoms with Gasteiger partial charge in [0.2, 0.25) is 0 Å². The molecule has 9 nitrogen and oxygen atoms in total. The normalized spacial score (nSPS) is 12.6. The average molecular weight is 482 g/mol. The number of rotatable bonds is 8. The molecule has 1 aliphatic carbocycles. The van der Waals surface area contributed by atoms with Gasteiger partial charge in [0.05, 0.1) is 16.9 Å². The van der Waals surface area contributed by atoms with Gasteiger partial charge in [-0.25, -0.2) is 14.5 Å². The number of ether oxygens (including phenoxy) is 1. The Morgan fingerprint density at radius 2 is 1.56 bits per heavy atom. The zero-order valence-corrected chi connectivity index (χ0v) is 19.3. The van der Waals surface area contributed by atoms with Gasteiger partial charge in [0, 0.05) is 11.6 Å². The number of aromatic nitrogens is 3. The molecule has 1 aliphatic rings. The molecule has 0 saturated heterocycles. The number of para-hydroxylation sites is 2. The van der Waals surface area contributed by atoms with Crippen molar-refractivity contribution in [1.29, 1.82) is 0 Å². The molecule has 9 heteroatoms. The van der Waals surface area contributed by atoms with Crippen LogP contribution in [0.25, 0.3) is 17.1 Å². The Bertz CT molecular complexity index is 1340. The van der Waals surface area contributed by atoms with Crippen LogP contribution in [0.2, 0.25) is 0 Å². The van der Waals surface area contributed by atoms with E-state index < -0.39 is 18.5 Å².